The zero-order valence-corrected chi connectivity index (χ0v) is 13.9. The number of hydrogen-bond acceptors (Lipinski definition) is 3. The fraction of sp³-hybridized carbons (Fsp3) is 0.600. The van der Waals surface area contributed by atoms with Gasteiger partial charge in [-0.05, 0) is 48.8 Å². The van der Waals surface area contributed by atoms with Crippen LogP contribution in [0.25, 0.3) is 0 Å². The van der Waals surface area contributed by atoms with E-state index < -0.39 is 10.0 Å². The molecule has 2 fully saturated rings. The van der Waals surface area contributed by atoms with Crippen LogP contribution in [-0.2, 0) is 16.4 Å². The van der Waals surface area contributed by atoms with Gasteiger partial charge in [-0.2, -0.15) is 4.31 Å². The molecule has 1 heterocycles. The predicted octanol–water partition coefficient (Wildman–Crippen LogP) is 2.03. The van der Waals surface area contributed by atoms with E-state index in [1.54, 1.807) is 16.4 Å². The SMILES string of the molecule is CCc1cccc(S(=O)(=O)N2CC3CCC(N)C3C2)c1.Cl. The third kappa shape index (κ3) is 2.97. The topological polar surface area (TPSA) is 63.4 Å². The first-order chi connectivity index (χ1) is 9.52. The van der Waals surface area contributed by atoms with E-state index in [2.05, 4.69) is 0 Å². The molecule has 21 heavy (non-hydrogen) atoms. The summed E-state index contributed by atoms with van der Waals surface area (Å²) in [6.45, 7) is 3.26. The summed E-state index contributed by atoms with van der Waals surface area (Å²) in [4.78, 5) is 0.422. The summed E-state index contributed by atoms with van der Waals surface area (Å²) in [6.07, 6.45) is 2.95. The summed E-state index contributed by atoms with van der Waals surface area (Å²) in [5.74, 6) is 0.799. The lowest BCUT2D eigenvalue weighted by molar-refractivity contribution is 0.427. The highest BCUT2D eigenvalue weighted by Gasteiger charge is 2.44. The van der Waals surface area contributed by atoms with Crippen LogP contribution in [0.3, 0.4) is 0 Å². The van der Waals surface area contributed by atoms with E-state index in [1.807, 2.05) is 19.1 Å². The van der Waals surface area contributed by atoms with Crippen molar-refractivity contribution in [2.24, 2.45) is 17.6 Å². The zero-order chi connectivity index (χ0) is 14.3. The predicted molar refractivity (Wildman–Crippen MR) is 86.0 cm³/mol. The van der Waals surface area contributed by atoms with Crippen LogP contribution in [0.15, 0.2) is 29.2 Å². The highest BCUT2D eigenvalue weighted by atomic mass is 35.5. The standard InChI is InChI=1S/C15H22N2O2S.ClH/c1-2-11-4-3-5-13(8-11)20(18,19)17-9-12-6-7-15(16)14(12)10-17;/h3-5,8,12,14-15H,2,6-7,9-10,16H2,1H3;1H. The molecule has 6 heteroatoms. The van der Waals surface area contributed by atoms with Gasteiger partial charge in [0.1, 0.15) is 0 Å². The van der Waals surface area contributed by atoms with E-state index in [-0.39, 0.29) is 18.4 Å². The molecule has 1 saturated heterocycles. The smallest absolute Gasteiger partial charge is 0.243 e. The molecule has 2 N–H and O–H groups in total. The molecule has 2 aliphatic rings. The molecule has 0 spiro atoms. The third-order valence-corrected chi connectivity index (χ3v) is 6.65. The summed E-state index contributed by atoms with van der Waals surface area (Å²) in [5.41, 5.74) is 7.15. The molecule has 1 saturated carbocycles. The maximum Gasteiger partial charge on any atom is 0.243 e. The van der Waals surface area contributed by atoms with Crippen LogP contribution in [0, 0.1) is 11.8 Å². The Hall–Kier alpha value is -0.620. The van der Waals surface area contributed by atoms with Gasteiger partial charge >= 0.3 is 0 Å². The number of rotatable bonds is 3. The molecule has 1 aliphatic carbocycles. The Kier molecular flexibility index (Phi) is 4.98. The maximum absolute atomic E-state index is 12.7. The van der Waals surface area contributed by atoms with Crippen LogP contribution < -0.4 is 5.73 Å². The summed E-state index contributed by atoms with van der Waals surface area (Å²) >= 11 is 0. The number of benzene rings is 1. The Morgan fingerprint density at radius 1 is 1.29 bits per heavy atom. The fourth-order valence-corrected chi connectivity index (χ4v) is 5.14. The third-order valence-electron chi connectivity index (χ3n) is 4.82. The van der Waals surface area contributed by atoms with E-state index in [4.69, 9.17) is 5.73 Å². The van der Waals surface area contributed by atoms with Crippen LogP contribution in [0.1, 0.15) is 25.3 Å². The van der Waals surface area contributed by atoms with E-state index in [1.165, 1.54) is 0 Å². The number of nitrogens with zero attached hydrogens (tertiary/aromatic N) is 1. The van der Waals surface area contributed by atoms with Crippen molar-refractivity contribution in [1.82, 2.24) is 4.31 Å². The minimum absolute atomic E-state index is 0. The van der Waals surface area contributed by atoms with Crippen LogP contribution >= 0.6 is 12.4 Å². The minimum atomic E-state index is -3.36. The van der Waals surface area contributed by atoms with Crippen LogP contribution in [-0.4, -0.2) is 31.9 Å². The highest BCUT2D eigenvalue weighted by molar-refractivity contribution is 7.89. The fourth-order valence-electron chi connectivity index (χ4n) is 3.54. The molecule has 1 aromatic rings. The van der Waals surface area contributed by atoms with Gasteiger partial charge in [0.25, 0.3) is 0 Å². The molecule has 0 aromatic heterocycles. The molecule has 118 valence electrons. The van der Waals surface area contributed by atoms with Gasteiger partial charge in [-0.1, -0.05) is 19.1 Å². The monoisotopic (exact) mass is 330 g/mol. The summed E-state index contributed by atoms with van der Waals surface area (Å²) < 4.78 is 27.1. The summed E-state index contributed by atoms with van der Waals surface area (Å²) in [6, 6.07) is 7.45. The second-order valence-corrected chi connectivity index (χ2v) is 7.93. The molecule has 0 radical (unpaired) electrons. The number of halogens is 1. The van der Waals surface area contributed by atoms with E-state index in [0.29, 0.717) is 29.8 Å². The summed E-state index contributed by atoms with van der Waals surface area (Å²) in [5, 5.41) is 0. The van der Waals surface area contributed by atoms with Crippen molar-refractivity contribution in [3.8, 4) is 0 Å². The first kappa shape index (κ1) is 16.7. The van der Waals surface area contributed by atoms with Crippen molar-refractivity contribution >= 4 is 22.4 Å². The molecule has 3 atom stereocenters. The second kappa shape index (κ2) is 6.24. The van der Waals surface area contributed by atoms with Gasteiger partial charge in [0.2, 0.25) is 10.0 Å². The Labute approximate surface area is 133 Å². The van der Waals surface area contributed by atoms with Gasteiger partial charge in [-0.3, -0.25) is 0 Å². The van der Waals surface area contributed by atoms with Crippen LogP contribution in [0.5, 0.6) is 0 Å². The Balaban J connectivity index is 0.00000161. The largest absolute Gasteiger partial charge is 0.327 e. The van der Waals surface area contributed by atoms with Crippen molar-refractivity contribution in [3.05, 3.63) is 29.8 Å². The van der Waals surface area contributed by atoms with Crippen molar-refractivity contribution in [3.63, 3.8) is 0 Å². The van der Waals surface area contributed by atoms with Crippen molar-refractivity contribution in [2.75, 3.05) is 13.1 Å². The molecular formula is C15H23ClN2O2S. The van der Waals surface area contributed by atoms with Gasteiger partial charge in [-0.15, -0.1) is 12.4 Å². The normalized spacial score (nSPS) is 29.1. The van der Waals surface area contributed by atoms with Crippen molar-refractivity contribution < 1.29 is 8.42 Å². The first-order valence-electron chi connectivity index (χ1n) is 7.37. The van der Waals surface area contributed by atoms with Crippen molar-refractivity contribution in [2.45, 2.75) is 37.1 Å². The second-order valence-electron chi connectivity index (χ2n) is 5.99. The molecule has 3 unspecified atom stereocenters. The number of aryl methyl sites for hydroxylation is 1. The van der Waals surface area contributed by atoms with Gasteiger partial charge < -0.3 is 5.73 Å². The van der Waals surface area contributed by atoms with E-state index in [9.17, 15) is 8.42 Å². The molecule has 1 aliphatic heterocycles. The van der Waals surface area contributed by atoms with E-state index >= 15 is 0 Å². The average Bonchev–Trinajstić information content (AvgIpc) is 3.02. The van der Waals surface area contributed by atoms with Crippen LogP contribution in [0.2, 0.25) is 0 Å². The lowest BCUT2D eigenvalue weighted by Gasteiger charge is -2.19. The number of fused-ring (bicyclic) bond motifs is 1. The molecule has 4 nitrogen and oxygen atoms in total. The lowest BCUT2D eigenvalue weighted by Crippen LogP contribution is -2.33. The van der Waals surface area contributed by atoms with Gasteiger partial charge in [0.15, 0.2) is 0 Å². The molecular weight excluding hydrogens is 308 g/mol. The highest BCUT2D eigenvalue weighted by Crippen LogP contribution is 2.39. The van der Waals surface area contributed by atoms with Gasteiger partial charge in [0.05, 0.1) is 4.90 Å². The number of sulfonamides is 1. The lowest BCUT2D eigenvalue weighted by atomic mass is 9.98. The van der Waals surface area contributed by atoms with Gasteiger partial charge in [0, 0.05) is 19.1 Å². The Morgan fingerprint density at radius 3 is 2.71 bits per heavy atom. The molecule has 3 rings (SSSR count). The maximum atomic E-state index is 12.7. The quantitative estimate of drug-likeness (QED) is 0.922. The van der Waals surface area contributed by atoms with Crippen LogP contribution in [0.4, 0.5) is 0 Å². The number of nitrogens with two attached hydrogens (primary N) is 1. The molecule has 0 bridgehead atoms. The number of hydrogen-bond donors (Lipinski definition) is 1. The molecule has 1 aromatic carbocycles. The zero-order valence-electron chi connectivity index (χ0n) is 12.2. The minimum Gasteiger partial charge on any atom is -0.327 e. The average molecular weight is 331 g/mol. The Bertz CT molecular complexity index is 605. The van der Waals surface area contributed by atoms with Crippen molar-refractivity contribution in [1.29, 1.82) is 0 Å². The molecule has 0 amide bonds. The summed E-state index contributed by atoms with van der Waals surface area (Å²) in [7, 11) is -3.36. The Morgan fingerprint density at radius 2 is 2.05 bits per heavy atom. The van der Waals surface area contributed by atoms with Gasteiger partial charge in [-0.25, -0.2) is 8.42 Å². The first-order valence-corrected chi connectivity index (χ1v) is 8.81. The van der Waals surface area contributed by atoms with E-state index in [0.717, 1.165) is 24.8 Å².